The molecule has 8 nitrogen and oxygen atoms in total. The zero-order chi connectivity index (χ0) is 27.7. The maximum absolute atomic E-state index is 14.1. The molecule has 1 aliphatic heterocycles. The highest BCUT2D eigenvalue weighted by Gasteiger charge is 2.47. The van der Waals surface area contributed by atoms with Gasteiger partial charge in [-0.15, -0.1) is 0 Å². The summed E-state index contributed by atoms with van der Waals surface area (Å²) in [4.78, 5) is 24.6. The lowest BCUT2D eigenvalue weighted by atomic mass is 9.90. The highest BCUT2D eigenvalue weighted by Crippen LogP contribution is 2.39. The van der Waals surface area contributed by atoms with Crippen molar-refractivity contribution in [2.45, 2.75) is 45.1 Å². The summed E-state index contributed by atoms with van der Waals surface area (Å²) in [6, 6.07) is 9.58. The fraction of sp³-hybridized carbons (Fsp3) is 0.444. The molecule has 0 aliphatic carbocycles. The fourth-order valence-corrected chi connectivity index (χ4v) is 4.93. The average Bonchev–Trinajstić information content (AvgIpc) is 3.29. The molecule has 2 aromatic heterocycles. The van der Waals surface area contributed by atoms with Crippen molar-refractivity contribution in [2.24, 2.45) is 0 Å². The molecule has 1 aliphatic rings. The van der Waals surface area contributed by atoms with Gasteiger partial charge in [0.05, 0.1) is 23.1 Å². The molecule has 2 atom stereocenters. The van der Waals surface area contributed by atoms with E-state index in [9.17, 15) is 18.0 Å². The van der Waals surface area contributed by atoms with Crippen molar-refractivity contribution >= 4 is 11.4 Å². The summed E-state index contributed by atoms with van der Waals surface area (Å²) in [7, 11) is 3.34. The number of pyridine rings is 1. The van der Waals surface area contributed by atoms with Gasteiger partial charge in [0.2, 0.25) is 0 Å². The van der Waals surface area contributed by atoms with Crippen molar-refractivity contribution in [1.29, 1.82) is 0 Å². The Morgan fingerprint density at radius 2 is 2.00 bits per heavy atom. The van der Waals surface area contributed by atoms with Crippen LogP contribution in [0.25, 0.3) is 11.4 Å². The van der Waals surface area contributed by atoms with E-state index in [0.717, 1.165) is 6.07 Å². The van der Waals surface area contributed by atoms with Crippen LogP contribution < -0.4 is 21.1 Å². The number of halogens is 3. The molecule has 3 heterocycles. The number of benzene rings is 1. The number of alkyl halides is 3. The molecule has 1 fully saturated rings. The van der Waals surface area contributed by atoms with Crippen LogP contribution in [0.3, 0.4) is 0 Å². The van der Waals surface area contributed by atoms with Crippen molar-refractivity contribution in [3.05, 3.63) is 69.9 Å². The topological polar surface area (TPSA) is 84.3 Å². The molecule has 38 heavy (non-hydrogen) atoms. The number of ether oxygens (including phenoxy) is 1. The molecule has 0 spiro atoms. The van der Waals surface area contributed by atoms with Crippen LogP contribution in [0.1, 0.15) is 30.8 Å². The zero-order valence-electron chi connectivity index (χ0n) is 22.2. The molecule has 4 rings (SSSR count). The molecule has 204 valence electrons. The second kappa shape index (κ2) is 10.7. The minimum absolute atomic E-state index is 0.0315. The predicted octanol–water partition coefficient (Wildman–Crippen LogP) is 4.03. The Morgan fingerprint density at radius 3 is 2.61 bits per heavy atom. The summed E-state index contributed by atoms with van der Waals surface area (Å²) in [5.41, 5.74) is -0.754. The molecule has 2 N–H and O–H groups in total. The van der Waals surface area contributed by atoms with Gasteiger partial charge < -0.3 is 20.3 Å². The number of aromatic nitrogens is 3. The Balaban J connectivity index is 1.89. The first-order valence-corrected chi connectivity index (χ1v) is 12.6. The third-order valence-corrected chi connectivity index (χ3v) is 6.85. The molecular formula is C27H33F3N6O2. The van der Waals surface area contributed by atoms with E-state index >= 15 is 0 Å². The van der Waals surface area contributed by atoms with E-state index in [1.807, 2.05) is 19.1 Å². The number of nitrogens with one attached hydrogen (secondary N) is 2. The van der Waals surface area contributed by atoms with Crippen LogP contribution in [0.5, 0.6) is 0 Å². The number of hydrogen-bond donors (Lipinski definition) is 2. The van der Waals surface area contributed by atoms with Gasteiger partial charge in [0.1, 0.15) is 17.1 Å². The van der Waals surface area contributed by atoms with Gasteiger partial charge >= 0.3 is 6.18 Å². The molecule has 11 heteroatoms. The smallest absolute Gasteiger partial charge is 0.378 e. The highest BCUT2D eigenvalue weighted by atomic mass is 19.4. The largest absolute Gasteiger partial charge is 0.417 e. The minimum Gasteiger partial charge on any atom is -0.378 e. The van der Waals surface area contributed by atoms with Gasteiger partial charge in [-0.3, -0.25) is 14.3 Å². The Morgan fingerprint density at radius 1 is 1.24 bits per heavy atom. The molecule has 1 saturated heterocycles. The molecule has 0 bridgehead atoms. The average molecular weight is 531 g/mol. The normalized spacial score (nSPS) is 19.5. The summed E-state index contributed by atoms with van der Waals surface area (Å²) < 4.78 is 49.7. The standard InChI is InChI=1S/C27H33F3N6O2/c1-6-36-24(19-12-11-18(35(4)5)14-20(19)27(28,29)30)33-17(3)23(25(36)37)34-26(21-10-8-9-13-32-21)16-31-15-22(26)38-7-2/h8-14,22,31,34H,6-7,15-16H2,1-5H3/t22-,26+/m0/s1. The Bertz CT molecular complexity index is 1340. The van der Waals surface area contributed by atoms with E-state index in [2.05, 4.69) is 20.6 Å². The van der Waals surface area contributed by atoms with Crippen LogP contribution in [-0.2, 0) is 23.0 Å². The van der Waals surface area contributed by atoms with E-state index in [0.29, 0.717) is 31.1 Å². The molecular weight excluding hydrogens is 497 g/mol. The van der Waals surface area contributed by atoms with Gasteiger partial charge in [0.15, 0.2) is 0 Å². The lowest BCUT2D eigenvalue weighted by Crippen LogP contribution is -2.49. The summed E-state index contributed by atoms with van der Waals surface area (Å²) in [5, 5.41) is 6.71. The SMILES string of the molecule is CCO[C@H]1CNC[C@@]1(Nc1c(C)nc(-c2ccc(N(C)C)cc2C(F)(F)F)n(CC)c1=O)c1ccccn1. The number of anilines is 2. The van der Waals surface area contributed by atoms with Gasteiger partial charge in [-0.2, -0.15) is 13.2 Å². The molecule has 1 aromatic carbocycles. The first-order valence-electron chi connectivity index (χ1n) is 12.6. The number of nitrogens with zero attached hydrogens (tertiary/aromatic N) is 4. The van der Waals surface area contributed by atoms with E-state index in [4.69, 9.17) is 4.74 Å². The van der Waals surface area contributed by atoms with E-state index in [1.165, 1.54) is 10.6 Å². The van der Waals surface area contributed by atoms with Crippen LogP contribution in [0, 0.1) is 6.92 Å². The molecule has 3 aromatic rings. The third-order valence-electron chi connectivity index (χ3n) is 6.85. The maximum Gasteiger partial charge on any atom is 0.417 e. The molecule has 0 saturated carbocycles. The lowest BCUT2D eigenvalue weighted by Gasteiger charge is -2.36. The number of rotatable bonds is 8. The van der Waals surface area contributed by atoms with E-state index in [-0.39, 0.29) is 35.4 Å². The van der Waals surface area contributed by atoms with Crippen LogP contribution >= 0.6 is 0 Å². The van der Waals surface area contributed by atoms with Gasteiger partial charge in [0.25, 0.3) is 5.56 Å². The fourth-order valence-electron chi connectivity index (χ4n) is 4.93. The number of aryl methyl sites for hydroxylation is 1. The Kier molecular flexibility index (Phi) is 7.80. The first-order chi connectivity index (χ1) is 18.0. The highest BCUT2D eigenvalue weighted by molar-refractivity contribution is 5.68. The summed E-state index contributed by atoms with van der Waals surface area (Å²) in [6.07, 6.45) is -3.30. The quantitative estimate of drug-likeness (QED) is 0.455. The number of hydrogen-bond acceptors (Lipinski definition) is 7. The van der Waals surface area contributed by atoms with Gasteiger partial charge in [0, 0.05) is 57.8 Å². The van der Waals surface area contributed by atoms with Crippen molar-refractivity contribution in [2.75, 3.05) is 44.0 Å². The Labute approximate surface area is 219 Å². The summed E-state index contributed by atoms with van der Waals surface area (Å²) in [5.74, 6) is -0.0315. The Hall–Kier alpha value is -3.44. The zero-order valence-corrected chi connectivity index (χ0v) is 22.2. The van der Waals surface area contributed by atoms with Crippen molar-refractivity contribution in [1.82, 2.24) is 19.9 Å². The van der Waals surface area contributed by atoms with Gasteiger partial charge in [-0.05, 0) is 51.1 Å². The molecule has 0 radical (unpaired) electrons. The second-order valence-corrected chi connectivity index (χ2v) is 9.45. The summed E-state index contributed by atoms with van der Waals surface area (Å²) in [6.45, 7) is 6.80. The van der Waals surface area contributed by atoms with E-state index in [1.54, 1.807) is 51.2 Å². The van der Waals surface area contributed by atoms with Gasteiger partial charge in [-0.25, -0.2) is 4.98 Å². The van der Waals surface area contributed by atoms with Gasteiger partial charge in [-0.1, -0.05) is 6.07 Å². The van der Waals surface area contributed by atoms with Crippen molar-refractivity contribution < 1.29 is 17.9 Å². The molecule has 0 amide bonds. The molecule has 0 unspecified atom stereocenters. The van der Waals surface area contributed by atoms with Crippen LogP contribution in [-0.4, -0.2) is 54.4 Å². The van der Waals surface area contributed by atoms with Crippen LogP contribution in [0.4, 0.5) is 24.5 Å². The monoisotopic (exact) mass is 530 g/mol. The van der Waals surface area contributed by atoms with Crippen molar-refractivity contribution in [3.8, 4) is 11.4 Å². The minimum atomic E-state index is -4.63. The predicted molar refractivity (Wildman–Crippen MR) is 141 cm³/mol. The van der Waals surface area contributed by atoms with E-state index < -0.39 is 22.8 Å². The third kappa shape index (κ3) is 5.00. The first kappa shape index (κ1) is 27.6. The second-order valence-electron chi connectivity index (χ2n) is 9.45. The summed E-state index contributed by atoms with van der Waals surface area (Å²) >= 11 is 0. The lowest BCUT2D eigenvalue weighted by molar-refractivity contribution is -0.137. The van der Waals surface area contributed by atoms with Crippen LogP contribution in [0.15, 0.2) is 47.4 Å². The van der Waals surface area contributed by atoms with Crippen molar-refractivity contribution in [3.63, 3.8) is 0 Å². The van der Waals surface area contributed by atoms with Crippen LogP contribution in [0.2, 0.25) is 0 Å². The maximum atomic E-state index is 14.1.